The molecule has 30 heavy (non-hydrogen) atoms. The van der Waals surface area contributed by atoms with Crippen LogP contribution in [-0.4, -0.2) is 27.8 Å². The average Bonchev–Trinajstić information content (AvgIpc) is 2.96. The molecule has 1 amide bonds. The predicted octanol–water partition coefficient (Wildman–Crippen LogP) is 4.18. The first-order chi connectivity index (χ1) is 14.2. The minimum absolute atomic E-state index is 0.293. The van der Waals surface area contributed by atoms with Crippen LogP contribution in [0.2, 0.25) is 0 Å². The van der Waals surface area contributed by atoms with Crippen LogP contribution in [0.3, 0.4) is 0 Å². The van der Waals surface area contributed by atoms with Crippen LogP contribution in [-0.2, 0) is 16.1 Å². The quantitative estimate of drug-likeness (QED) is 0.620. The van der Waals surface area contributed by atoms with Gasteiger partial charge in [-0.25, -0.2) is 9.18 Å². The number of ether oxygens (including phenoxy) is 1. The molecule has 1 N–H and O–H groups in total. The van der Waals surface area contributed by atoms with Crippen LogP contribution in [0.25, 0.3) is 0 Å². The molecule has 0 radical (unpaired) electrons. The standard InChI is InChI=1S/C23H24FN3O3/c1-14-8-10-18(11-9-14)13-27-16(3)21(15(2)26-27)23(29)30-17(4)22(28)25-20-7-5-6-19(24)12-20/h5-12,17H,13H2,1-4H3,(H,25,28)/t17-/m1/s1. The van der Waals surface area contributed by atoms with E-state index in [-0.39, 0.29) is 0 Å². The second-order valence-corrected chi connectivity index (χ2v) is 7.24. The van der Waals surface area contributed by atoms with Crippen LogP contribution in [0, 0.1) is 26.6 Å². The van der Waals surface area contributed by atoms with Crippen molar-refractivity contribution in [3.63, 3.8) is 0 Å². The third-order valence-corrected chi connectivity index (χ3v) is 4.78. The Morgan fingerprint density at radius 1 is 1.13 bits per heavy atom. The highest BCUT2D eigenvalue weighted by atomic mass is 19.1. The molecule has 0 aliphatic carbocycles. The SMILES string of the molecule is Cc1ccc(Cn2nc(C)c(C(=O)O[C@H](C)C(=O)Nc3cccc(F)c3)c2C)cc1. The molecular formula is C23H24FN3O3. The third-order valence-electron chi connectivity index (χ3n) is 4.78. The minimum Gasteiger partial charge on any atom is -0.449 e. The summed E-state index contributed by atoms with van der Waals surface area (Å²) in [6, 6.07) is 13.6. The van der Waals surface area contributed by atoms with E-state index >= 15 is 0 Å². The maximum Gasteiger partial charge on any atom is 0.342 e. The number of nitrogens with zero attached hydrogens (tertiary/aromatic N) is 2. The fraction of sp³-hybridized carbons (Fsp3) is 0.261. The van der Waals surface area contributed by atoms with Crippen molar-refractivity contribution in [1.29, 1.82) is 0 Å². The van der Waals surface area contributed by atoms with E-state index < -0.39 is 23.8 Å². The number of hydrogen-bond acceptors (Lipinski definition) is 4. The maximum atomic E-state index is 13.3. The lowest BCUT2D eigenvalue weighted by molar-refractivity contribution is -0.123. The van der Waals surface area contributed by atoms with Crippen molar-refractivity contribution >= 4 is 17.6 Å². The van der Waals surface area contributed by atoms with Gasteiger partial charge in [0.2, 0.25) is 0 Å². The molecule has 3 rings (SSSR count). The van der Waals surface area contributed by atoms with Gasteiger partial charge in [-0.2, -0.15) is 5.10 Å². The number of carbonyl (C=O) groups is 2. The van der Waals surface area contributed by atoms with Gasteiger partial charge in [0.15, 0.2) is 6.10 Å². The molecule has 6 nitrogen and oxygen atoms in total. The molecule has 1 heterocycles. The van der Waals surface area contributed by atoms with E-state index in [1.54, 1.807) is 24.6 Å². The van der Waals surface area contributed by atoms with Crippen molar-refractivity contribution in [1.82, 2.24) is 9.78 Å². The van der Waals surface area contributed by atoms with Crippen LogP contribution in [0.5, 0.6) is 0 Å². The highest BCUT2D eigenvalue weighted by molar-refractivity contribution is 5.98. The summed E-state index contributed by atoms with van der Waals surface area (Å²) >= 11 is 0. The van der Waals surface area contributed by atoms with Gasteiger partial charge in [0.25, 0.3) is 5.91 Å². The Morgan fingerprint density at radius 2 is 1.83 bits per heavy atom. The number of carbonyl (C=O) groups excluding carboxylic acids is 2. The Bertz CT molecular complexity index is 1070. The van der Waals surface area contributed by atoms with Crippen molar-refractivity contribution in [3.8, 4) is 0 Å². The smallest absolute Gasteiger partial charge is 0.342 e. The summed E-state index contributed by atoms with van der Waals surface area (Å²) in [6.45, 7) is 7.53. The number of esters is 1. The van der Waals surface area contributed by atoms with E-state index in [1.807, 2.05) is 31.2 Å². The lowest BCUT2D eigenvalue weighted by atomic mass is 10.1. The van der Waals surface area contributed by atoms with E-state index in [0.29, 0.717) is 29.2 Å². The zero-order valence-electron chi connectivity index (χ0n) is 17.4. The number of benzene rings is 2. The molecule has 0 spiro atoms. The Balaban J connectivity index is 1.69. The van der Waals surface area contributed by atoms with Crippen LogP contribution >= 0.6 is 0 Å². The van der Waals surface area contributed by atoms with Crippen molar-refractivity contribution in [3.05, 3.63) is 82.4 Å². The van der Waals surface area contributed by atoms with Gasteiger partial charge in [0.05, 0.1) is 17.9 Å². The van der Waals surface area contributed by atoms with Gasteiger partial charge in [-0.15, -0.1) is 0 Å². The number of anilines is 1. The number of rotatable bonds is 6. The van der Waals surface area contributed by atoms with Crippen LogP contribution in [0.4, 0.5) is 10.1 Å². The zero-order chi connectivity index (χ0) is 21.8. The molecular weight excluding hydrogens is 385 g/mol. The number of aryl methyl sites for hydroxylation is 2. The molecule has 2 aromatic carbocycles. The van der Waals surface area contributed by atoms with Gasteiger partial charge < -0.3 is 10.1 Å². The lowest BCUT2D eigenvalue weighted by Gasteiger charge is -2.14. The molecule has 7 heteroatoms. The van der Waals surface area contributed by atoms with Gasteiger partial charge >= 0.3 is 5.97 Å². The van der Waals surface area contributed by atoms with Crippen LogP contribution in [0.15, 0.2) is 48.5 Å². The number of nitrogens with one attached hydrogen (secondary N) is 1. The van der Waals surface area contributed by atoms with E-state index in [9.17, 15) is 14.0 Å². The fourth-order valence-corrected chi connectivity index (χ4v) is 3.10. The van der Waals surface area contributed by atoms with Crippen LogP contribution in [0.1, 0.15) is 39.8 Å². The largest absolute Gasteiger partial charge is 0.449 e. The molecule has 0 unspecified atom stereocenters. The van der Waals surface area contributed by atoms with E-state index in [0.717, 1.165) is 5.56 Å². The van der Waals surface area contributed by atoms with E-state index in [1.165, 1.54) is 30.7 Å². The number of hydrogen-bond donors (Lipinski definition) is 1. The molecule has 0 aliphatic rings. The molecule has 1 atom stereocenters. The zero-order valence-corrected chi connectivity index (χ0v) is 17.4. The number of halogens is 1. The summed E-state index contributed by atoms with van der Waals surface area (Å²) in [6.07, 6.45) is -1.06. The number of aromatic nitrogens is 2. The molecule has 0 aliphatic heterocycles. The molecule has 156 valence electrons. The minimum atomic E-state index is -1.06. The predicted molar refractivity (Wildman–Crippen MR) is 112 cm³/mol. The van der Waals surface area contributed by atoms with Crippen molar-refractivity contribution < 1.29 is 18.7 Å². The third kappa shape index (κ3) is 4.92. The van der Waals surface area contributed by atoms with Crippen LogP contribution < -0.4 is 5.32 Å². The molecule has 0 saturated heterocycles. The summed E-state index contributed by atoms with van der Waals surface area (Å²) in [4.78, 5) is 25.0. The average molecular weight is 409 g/mol. The van der Waals surface area contributed by atoms with E-state index in [2.05, 4.69) is 10.4 Å². The number of amides is 1. The van der Waals surface area contributed by atoms with Crippen molar-refractivity contribution in [2.45, 2.75) is 40.3 Å². The summed E-state index contributed by atoms with van der Waals surface area (Å²) in [5.74, 6) is -1.64. The first-order valence-corrected chi connectivity index (χ1v) is 9.61. The van der Waals surface area contributed by atoms with Gasteiger partial charge in [0, 0.05) is 5.69 Å². The van der Waals surface area contributed by atoms with Crippen molar-refractivity contribution in [2.24, 2.45) is 0 Å². The monoisotopic (exact) mass is 409 g/mol. The molecule has 0 fully saturated rings. The highest BCUT2D eigenvalue weighted by Gasteiger charge is 2.24. The van der Waals surface area contributed by atoms with Gasteiger partial charge in [-0.05, 0) is 51.5 Å². The Kier molecular flexibility index (Phi) is 6.30. The second kappa shape index (κ2) is 8.90. The van der Waals surface area contributed by atoms with Crippen molar-refractivity contribution in [2.75, 3.05) is 5.32 Å². The normalized spacial score (nSPS) is 11.8. The molecule has 1 aromatic heterocycles. The molecule has 0 bridgehead atoms. The second-order valence-electron chi connectivity index (χ2n) is 7.24. The summed E-state index contributed by atoms with van der Waals surface area (Å²) < 4.78 is 20.4. The van der Waals surface area contributed by atoms with Gasteiger partial charge in [0.1, 0.15) is 11.4 Å². The summed E-state index contributed by atoms with van der Waals surface area (Å²) in [7, 11) is 0. The first kappa shape index (κ1) is 21.2. The first-order valence-electron chi connectivity index (χ1n) is 9.61. The summed E-state index contributed by atoms with van der Waals surface area (Å²) in [5, 5.41) is 6.99. The Labute approximate surface area is 174 Å². The molecule has 0 saturated carbocycles. The van der Waals surface area contributed by atoms with Gasteiger partial charge in [-0.3, -0.25) is 9.48 Å². The highest BCUT2D eigenvalue weighted by Crippen LogP contribution is 2.18. The van der Waals surface area contributed by atoms with Gasteiger partial charge in [-0.1, -0.05) is 35.9 Å². The Hall–Kier alpha value is -3.48. The molecule has 3 aromatic rings. The topological polar surface area (TPSA) is 73.2 Å². The lowest BCUT2D eigenvalue weighted by Crippen LogP contribution is -2.30. The van der Waals surface area contributed by atoms with E-state index in [4.69, 9.17) is 4.74 Å². The Morgan fingerprint density at radius 3 is 2.50 bits per heavy atom. The summed E-state index contributed by atoms with van der Waals surface area (Å²) in [5.41, 5.74) is 4.06. The maximum absolute atomic E-state index is 13.3. The fourth-order valence-electron chi connectivity index (χ4n) is 3.10.